The van der Waals surface area contributed by atoms with E-state index in [1.54, 1.807) is 0 Å². The molecule has 1 fully saturated rings. The number of hydrogen-bond donors (Lipinski definition) is 3. The number of aromatic nitrogens is 2. The maximum Gasteiger partial charge on any atom is 0.239 e. The minimum absolute atomic E-state index is 0.0207. The molecule has 0 aliphatic carbocycles. The Hall–Kier alpha value is -1.29. The quantitative estimate of drug-likeness (QED) is 0.479. The first-order chi connectivity index (χ1) is 9.26. The fourth-order valence-corrected chi connectivity index (χ4v) is 2.46. The maximum absolute atomic E-state index is 12.0. The summed E-state index contributed by atoms with van der Waals surface area (Å²) < 4.78 is 9.23. The normalized spacial score (nSPS) is 20.2. The zero-order chi connectivity index (χ0) is 13.7. The van der Waals surface area contributed by atoms with E-state index in [0.29, 0.717) is 32.8 Å². The molecule has 9 heteroatoms. The predicted octanol–water partition coefficient (Wildman–Crippen LogP) is -0.839. The van der Waals surface area contributed by atoms with E-state index in [1.165, 1.54) is 11.5 Å². The smallest absolute Gasteiger partial charge is 0.239 e. The van der Waals surface area contributed by atoms with Crippen LogP contribution in [0.1, 0.15) is 12.6 Å². The molecule has 0 spiro atoms. The monoisotopic (exact) mass is 286 g/mol. The van der Waals surface area contributed by atoms with Gasteiger partial charge in [-0.1, -0.05) is 4.49 Å². The highest BCUT2D eigenvalue weighted by atomic mass is 32.1. The highest BCUT2D eigenvalue weighted by Gasteiger charge is 2.30. The SMILES string of the molecule is CCNC(=O)C1COCCN1Cc1nnsc1NN. The van der Waals surface area contributed by atoms with Crippen LogP contribution in [0.25, 0.3) is 0 Å². The van der Waals surface area contributed by atoms with E-state index in [0.717, 1.165) is 10.7 Å². The summed E-state index contributed by atoms with van der Waals surface area (Å²) in [5.41, 5.74) is 3.32. The first-order valence-corrected chi connectivity index (χ1v) is 6.91. The molecule has 1 saturated heterocycles. The molecule has 19 heavy (non-hydrogen) atoms. The Balaban J connectivity index is 2.05. The van der Waals surface area contributed by atoms with Crippen molar-refractivity contribution in [2.24, 2.45) is 5.84 Å². The Morgan fingerprint density at radius 1 is 1.68 bits per heavy atom. The third-order valence-corrected chi connectivity index (χ3v) is 3.63. The largest absolute Gasteiger partial charge is 0.378 e. The molecule has 1 aliphatic rings. The lowest BCUT2D eigenvalue weighted by atomic mass is 10.2. The highest BCUT2D eigenvalue weighted by Crippen LogP contribution is 2.20. The number of hydrazine groups is 1. The van der Waals surface area contributed by atoms with Gasteiger partial charge in [-0.15, -0.1) is 5.10 Å². The summed E-state index contributed by atoms with van der Waals surface area (Å²) in [6, 6.07) is -0.291. The van der Waals surface area contributed by atoms with Crippen LogP contribution in [0.5, 0.6) is 0 Å². The topological polar surface area (TPSA) is 105 Å². The van der Waals surface area contributed by atoms with E-state index in [4.69, 9.17) is 10.6 Å². The number of anilines is 1. The summed E-state index contributed by atoms with van der Waals surface area (Å²) in [4.78, 5) is 14.0. The van der Waals surface area contributed by atoms with Crippen LogP contribution in [0.4, 0.5) is 5.00 Å². The van der Waals surface area contributed by atoms with Gasteiger partial charge >= 0.3 is 0 Å². The number of nitrogens with one attached hydrogen (secondary N) is 2. The fraction of sp³-hybridized carbons (Fsp3) is 0.700. The van der Waals surface area contributed by atoms with Gasteiger partial charge in [-0.2, -0.15) is 0 Å². The molecular formula is C10H18N6O2S. The second-order valence-corrected chi connectivity index (χ2v) is 4.90. The number of likely N-dealkylation sites (N-methyl/N-ethyl adjacent to an activating group) is 1. The van der Waals surface area contributed by atoms with Crippen molar-refractivity contribution in [1.82, 2.24) is 19.8 Å². The van der Waals surface area contributed by atoms with Crippen LogP contribution < -0.4 is 16.6 Å². The van der Waals surface area contributed by atoms with E-state index in [9.17, 15) is 4.79 Å². The van der Waals surface area contributed by atoms with Crippen molar-refractivity contribution < 1.29 is 9.53 Å². The van der Waals surface area contributed by atoms with E-state index >= 15 is 0 Å². The van der Waals surface area contributed by atoms with Gasteiger partial charge in [0.2, 0.25) is 5.91 Å². The van der Waals surface area contributed by atoms with Gasteiger partial charge in [0.1, 0.15) is 16.7 Å². The zero-order valence-corrected chi connectivity index (χ0v) is 11.6. The Bertz CT molecular complexity index is 426. The molecule has 1 amide bonds. The van der Waals surface area contributed by atoms with Gasteiger partial charge < -0.3 is 15.5 Å². The second kappa shape index (κ2) is 6.75. The molecule has 1 atom stereocenters. The summed E-state index contributed by atoms with van der Waals surface area (Å²) in [7, 11) is 0. The van der Waals surface area contributed by atoms with Gasteiger partial charge in [0.15, 0.2) is 0 Å². The van der Waals surface area contributed by atoms with Crippen molar-refractivity contribution in [2.75, 3.05) is 31.7 Å². The summed E-state index contributed by atoms with van der Waals surface area (Å²) in [6.45, 7) is 4.72. The lowest BCUT2D eigenvalue weighted by Crippen LogP contribution is -2.53. The molecule has 1 aromatic rings. The molecule has 1 unspecified atom stereocenters. The molecule has 2 heterocycles. The van der Waals surface area contributed by atoms with Crippen molar-refractivity contribution >= 4 is 22.4 Å². The number of hydrogen-bond acceptors (Lipinski definition) is 8. The van der Waals surface area contributed by atoms with E-state index < -0.39 is 0 Å². The number of nitrogens with zero attached hydrogens (tertiary/aromatic N) is 3. The van der Waals surface area contributed by atoms with Crippen molar-refractivity contribution in [3.63, 3.8) is 0 Å². The van der Waals surface area contributed by atoms with Crippen LogP contribution in [-0.4, -0.2) is 52.7 Å². The van der Waals surface area contributed by atoms with Crippen LogP contribution in [0.3, 0.4) is 0 Å². The molecule has 0 radical (unpaired) electrons. The first-order valence-electron chi connectivity index (χ1n) is 6.13. The molecule has 1 aliphatic heterocycles. The second-order valence-electron chi connectivity index (χ2n) is 4.15. The fourth-order valence-electron chi connectivity index (χ4n) is 1.97. The number of nitrogens with two attached hydrogens (primary N) is 1. The third kappa shape index (κ3) is 3.38. The molecule has 0 saturated carbocycles. The van der Waals surface area contributed by atoms with Crippen LogP contribution >= 0.6 is 11.5 Å². The lowest BCUT2D eigenvalue weighted by molar-refractivity contribution is -0.132. The molecule has 0 bridgehead atoms. The van der Waals surface area contributed by atoms with Gasteiger partial charge in [0.25, 0.3) is 0 Å². The number of carbonyl (C=O) groups excluding carboxylic acids is 1. The molecular weight excluding hydrogens is 268 g/mol. The standard InChI is InChI=1S/C10H18N6O2S/c1-2-12-9(17)8-6-18-4-3-16(8)5-7-10(13-11)19-15-14-7/h8,13H,2-6,11H2,1H3,(H,12,17). The summed E-state index contributed by atoms with van der Waals surface area (Å²) in [6.07, 6.45) is 0. The van der Waals surface area contributed by atoms with Gasteiger partial charge in [0, 0.05) is 31.2 Å². The van der Waals surface area contributed by atoms with Crippen molar-refractivity contribution in [1.29, 1.82) is 0 Å². The Morgan fingerprint density at radius 2 is 2.53 bits per heavy atom. The Kier molecular flexibility index (Phi) is 5.02. The molecule has 2 rings (SSSR count). The number of nitrogen functional groups attached to an aromatic ring is 1. The molecule has 1 aromatic heterocycles. The van der Waals surface area contributed by atoms with Crippen molar-refractivity contribution in [3.8, 4) is 0 Å². The van der Waals surface area contributed by atoms with Crippen LogP contribution in [0, 0.1) is 0 Å². The number of morpholine rings is 1. The minimum atomic E-state index is -0.291. The zero-order valence-electron chi connectivity index (χ0n) is 10.8. The number of rotatable bonds is 5. The van der Waals surface area contributed by atoms with Gasteiger partial charge in [-0.25, -0.2) is 5.84 Å². The molecule has 0 aromatic carbocycles. The average molecular weight is 286 g/mol. The van der Waals surface area contributed by atoms with E-state index in [2.05, 4.69) is 20.3 Å². The van der Waals surface area contributed by atoms with Crippen molar-refractivity contribution in [3.05, 3.63) is 5.69 Å². The molecule has 106 valence electrons. The van der Waals surface area contributed by atoms with Gasteiger partial charge in [-0.3, -0.25) is 9.69 Å². The first kappa shape index (κ1) is 14.1. The number of carbonyl (C=O) groups is 1. The van der Waals surface area contributed by atoms with Crippen LogP contribution in [0.15, 0.2) is 0 Å². The molecule has 4 N–H and O–H groups in total. The average Bonchev–Trinajstić information content (AvgIpc) is 2.87. The minimum Gasteiger partial charge on any atom is -0.378 e. The summed E-state index contributed by atoms with van der Waals surface area (Å²) >= 11 is 1.20. The van der Waals surface area contributed by atoms with E-state index in [1.807, 2.05) is 11.8 Å². The third-order valence-electron chi connectivity index (χ3n) is 2.93. The van der Waals surface area contributed by atoms with Crippen LogP contribution in [0.2, 0.25) is 0 Å². The van der Waals surface area contributed by atoms with Crippen LogP contribution in [-0.2, 0) is 16.1 Å². The maximum atomic E-state index is 12.0. The van der Waals surface area contributed by atoms with Gasteiger partial charge in [-0.05, 0) is 6.92 Å². The Morgan fingerprint density at radius 3 is 3.26 bits per heavy atom. The number of ether oxygens (including phenoxy) is 1. The predicted molar refractivity (Wildman–Crippen MR) is 71.4 cm³/mol. The van der Waals surface area contributed by atoms with E-state index in [-0.39, 0.29) is 11.9 Å². The summed E-state index contributed by atoms with van der Waals surface area (Å²) in [5, 5.41) is 7.58. The highest BCUT2D eigenvalue weighted by molar-refractivity contribution is 7.10. The van der Waals surface area contributed by atoms with Crippen molar-refractivity contribution in [2.45, 2.75) is 19.5 Å². The van der Waals surface area contributed by atoms with Gasteiger partial charge in [0.05, 0.1) is 13.2 Å². The molecule has 8 nitrogen and oxygen atoms in total. The summed E-state index contributed by atoms with van der Waals surface area (Å²) in [5.74, 6) is 5.38. The lowest BCUT2D eigenvalue weighted by Gasteiger charge is -2.33. The Labute approximate surface area is 115 Å². The number of amides is 1.